The van der Waals surface area contributed by atoms with Gasteiger partial charge in [-0.2, -0.15) is 0 Å². The SMILES string of the molecule is c1ccc(C(Oc2ccc(-c3cccc(OC(c4ccccc4)(c4ccccc4)c4ccccc4)c3)cc2)c2ccccc2)cc1. The van der Waals surface area contributed by atoms with Gasteiger partial charge in [-0.1, -0.05) is 176 Å². The Labute approximate surface area is 271 Å². The lowest BCUT2D eigenvalue weighted by atomic mass is 9.80. The first-order valence-corrected chi connectivity index (χ1v) is 15.6. The van der Waals surface area contributed by atoms with E-state index in [9.17, 15) is 0 Å². The first-order chi connectivity index (χ1) is 22.8. The molecule has 0 aliphatic carbocycles. The minimum absolute atomic E-state index is 0.202. The van der Waals surface area contributed by atoms with Gasteiger partial charge in [0, 0.05) is 16.7 Å². The Morgan fingerprint density at radius 3 is 1.24 bits per heavy atom. The maximum atomic E-state index is 7.17. The molecule has 7 aromatic rings. The Morgan fingerprint density at radius 2 is 0.783 bits per heavy atom. The van der Waals surface area contributed by atoms with E-state index >= 15 is 0 Å². The standard InChI is InChI=1S/C44H34O2/c1-6-17-35(18-7-1)43(36-19-8-2-9-20-36)45-41-31-29-34(30-32-41)37-21-16-28-42(33-37)46-44(38-22-10-3-11-23-38,39-24-12-4-13-25-39)40-26-14-5-15-27-40/h1-33,43H. The van der Waals surface area contributed by atoms with Crippen molar-refractivity contribution in [3.8, 4) is 22.6 Å². The number of hydrogen-bond acceptors (Lipinski definition) is 2. The van der Waals surface area contributed by atoms with Crippen molar-refractivity contribution in [2.45, 2.75) is 11.7 Å². The van der Waals surface area contributed by atoms with Crippen LogP contribution in [0.5, 0.6) is 11.5 Å². The van der Waals surface area contributed by atoms with Gasteiger partial charge in [-0.3, -0.25) is 0 Å². The second-order valence-electron chi connectivity index (χ2n) is 11.3. The van der Waals surface area contributed by atoms with E-state index in [0.29, 0.717) is 0 Å². The summed E-state index contributed by atoms with van der Waals surface area (Å²) in [6.07, 6.45) is -0.202. The van der Waals surface area contributed by atoms with E-state index in [0.717, 1.165) is 50.4 Å². The zero-order valence-corrected chi connectivity index (χ0v) is 25.4. The van der Waals surface area contributed by atoms with Gasteiger partial charge in [0.25, 0.3) is 0 Å². The molecule has 7 rings (SSSR count). The molecular formula is C44H34O2. The minimum Gasteiger partial charge on any atom is -0.481 e. The van der Waals surface area contributed by atoms with E-state index in [1.807, 2.05) is 48.5 Å². The minimum atomic E-state index is -0.843. The molecule has 46 heavy (non-hydrogen) atoms. The molecule has 0 amide bonds. The maximum Gasteiger partial charge on any atom is 0.184 e. The lowest BCUT2D eigenvalue weighted by Crippen LogP contribution is -2.36. The van der Waals surface area contributed by atoms with Crippen LogP contribution in [0.1, 0.15) is 33.9 Å². The van der Waals surface area contributed by atoms with E-state index in [1.54, 1.807) is 0 Å². The molecule has 2 nitrogen and oxygen atoms in total. The van der Waals surface area contributed by atoms with Gasteiger partial charge in [-0.25, -0.2) is 0 Å². The Kier molecular flexibility index (Phi) is 8.43. The summed E-state index contributed by atoms with van der Waals surface area (Å²) in [6.45, 7) is 0. The molecule has 0 aromatic heterocycles. The van der Waals surface area contributed by atoms with Crippen LogP contribution < -0.4 is 9.47 Å². The van der Waals surface area contributed by atoms with Gasteiger partial charge in [0.2, 0.25) is 0 Å². The Hall–Kier alpha value is -5.86. The van der Waals surface area contributed by atoms with Crippen molar-refractivity contribution in [2.24, 2.45) is 0 Å². The summed E-state index contributed by atoms with van der Waals surface area (Å²) in [5.74, 6) is 1.59. The van der Waals surface area contributed by atoms with Gasteiger partial charge in [0.05, 0.1) is 0 Å². The molecule has 222 valence electrons. The second-order valence-corrected chi connectivity index (χ2v) is 11.3. The molecule has 0 bridgehead atoms. The van der Waals surface area contributed by atoms with Crippen molar-refractivity contribution in [3.05, 3.63) is 228 Å². The first-order valence-electron chi connectivity index (χ1n) is 15.6. The van der Waals surface area contributed by atoms with E-state index in [-0.39, 0.29) is 6.10 Å². The van der Waals surface area contributed by atoms with Crippen molar-refractivity contribution < 1.29 is 9.47 Å². The maximum absolute atomic E-state index is 7.17. The average molecular weight is 595 g/mol. The van der Waals surface area contributed by atoms with Crippen molar-refractivity contribution in [3.63, 3.8) is 0 Å². The normalized spacial score (nSPS) is 11.2. The summed E-state index contributed by atoms with van der Waals surface area (Å²) in [5, 5.41) is 0. The van der Waals surface area contributed by atoms with Gasteiger partial charge < -0.3 is 9.47 Å². The quantitative estimate of drug-likeness (QED) is 0.147. The monoisotopic (exact) mass is 594 g/mol. The highest BCUT2D eigenvalue weighted by Crippen LogP contribution is 2.42. The third-order valence-electron chi connectivity index (χ3n) is 8.29. The van der Waals surface area contributed by atoms with E-state index in [4.69, 9.17) is 9.47 Å². The topological polar surface area (TPSA) is 18.5 Å². The molecule has 0 radical (unpaired) electrons. The molecule has 0 N–H and O–H groups in total. The Balaban J connectivity index is 1.22. The van der Waals surface area contributed by atoms with Crippen molar-refractivity contribution in [1.29, 1.82) is 0 Å². The van der Waals surface area contributed by atoms with Gasteiger partial charge in [0.1, 0.15) is 17.6 Å². The van der Waals surface area contributed by atoms with Crippen LogP contribution in [-0.4, -0.2) is 0 Å². The zero-order chi connectivity index (χ0) is 31.0. The Morgan fingerprint density at radius 1 is 0.348 bits per heavy atom. The van der Waals surface area contributed by atoms with Crippen LogP contribution in [-0.2, 0) is 5.60 Å². The highest BCUT2D eigenvalue weighted by molar-refractivity contribution is 5.66. The molecule has 2 heteroatoms. The van der Waals surface area contributed by atoms with E-state index in [2.05, 4.69) is 152 Å². The van der Waals surface area contributed by atoms with Crippen LogP contribution in [0.4, 0.5) is 0 Å². The van der Waals surface area contributed by atoms with Crippen molar-refractivity contribution in [1.82, 2.24) is 0 Å². The van der Waals surface area contributed by atoms with E-state index < -0.39 is 5.60 Å². The van der Waals surface area contributed by atoms with Crippen LogP contribution in [0, 0.1) is 0 Å². The molecule has 0 saturated carbocycles. The number of benzene rings is 7. The highest BCUT2D eigenvalue weighted by Gasteiger charge is 2.39. The molecule has 0 unspecified atom stereocenters. The van der Waals surface area contributed by atoms with Gasteiger partial charge in [-0.15, -0.1) is 0 Å². The van der Waals surface area contributed by atoms with E-state index in [1.165, 1.54) is 0 Å². The molecule has 7 aromatic carbocycles. The van der Waals surface area contributed by atoms with Gasteiger partial charge in [-0.05, 0) is 46.5 Å². The predicted molar refractivity (Wildman–Crippen MR) is 187 cm³/mol. The lowest BCUT2D eigenvalue weighted by Gasteiger charge is -2.36. The van der Waals surface area contributed by atoms with Crippen molar-refractivity contribution >= 4 is 0 Å². The smallest absolute Gasteiger partial charge is 0.184 e. The summed E-state index contributed by atoms with van der Waals surface area (Å²) in [7, 11) is 0. The largest absolute Gasteiger partial charge is 0.481 e. The zero-order valence-electron chi connectivity index (χ0n) is 25.4. The van der Waals surface area contributed by atoms with Crippen LogP contribution in [0.2, 0.25) is 0 Å². The van der Waals surface area contributed by atoms with Crippen molar-refractivity contribution in [2.75, 3.05) is 0 Å². The lowest BCUT2D eigenvalue weighted by molar-refractivity contribution is 0.155. The molecule has 0 saturated heterocycles. The van der Waals surface area contributed by atoms with Gasteiger partial charge >= 0.3 is 0 Å². The third-order valence-corrected chi connectivity index (χ3v) is 8.29. The fourth-order valence-corrected chi connectivity index (χ4v) is 6.06. The number of ether oxygens (including phenoxy) is 2. The van der Waals surface area contributed by atoms with Crippen LogP contribution in [0.15, 0.2) is 200 Å². The molecule has 0 aliphatic heterocycles. The third kappa shape index (κ3) is 6.06. The molecule has 0 heterocycles. The first kappa shape index (κ1) is 28.9. The predicted octanol–water partition coefficient (Wildman–Crippen LogP) is 10.9. The molecule has 0 fully saturated rings. The number of rotatable bonds is 10. The van der Waals surface area contributed by atoms with Crippen LogP contribution in [0.25, 0.3) is 11.1 Å². The highest BCUT2D eigenvalue weighted by atomic mass is 16.5. The fourth-order valence-electron chi connectivity index (χ4n) is 6.06. The summed E-state index contributed by atoms with van der Waals surface area (Å²) in [5.41, 5.74) is 6.71. The van der Waals surface area contributed by atoms with Crippen LogP contribution in [0.3, 0.4) is 0 Å². The summed E-state index contributed by atoms with van der Waals surface area (Å²) < 4.78 is 13.8. The molecule has 0 aliphatic rings. The summed E-state index contributed by atoms with van der Waals surface area (Å²) in [6, 6.07) is 68.7. The number of hydrogen-bond donors (Lipinski definition) is 0. The average Bonchev–Trinajstić information content (AvgIpc) is 3.15. The summed E-state index contributed by atoms with van der Waals surface area (Å²) >= 11 is 0. The molecule has 0 spiro atoms. The summed E-state index contributed by atoms with van der Waals surface area (Å²) in [4.78, 5) is 0. The second kappa shape index (κ2) is 13.4. The molecular weight excluding hydrogens is 560 g/mol. The molecule has 0 atom stereocenters. The fraction of sp³-hybridized carbons (Fsp3) is 0.0455. The Bertz CT molecular complexity index is 1820. The van der Waals surface area contributed by atoms with Crippen LogP contribution >= 0.6 is 0 Å². The van der Waals surface area contributed by atoms with Gasteiger partial charge in [0.15, 0.2) is 5.60 Å².